The Bertz CT molecular complexity index is 946. The third-order valence-corrected chi connectivity index (χ3v) is 4.56. The topological polar surface area (TPSA) is 44.1 Å². The van der Waals surface area contributed by atoms with Crippen LogP contribution in [0, 0.1) is 0 Å². The van der Waals surface area contributed by atoms with Gasteiger partial charge in [-0.25, -0.2) is 4.79 Å². The van der Waals surface area contributed by atoms with Gasteiger partial charge in [0.25, 0.3) is 0 Å². The standard InChI is InChI=1S/C19H15ClN2O2/c1-24-19(23)22-18(13-6-4-7-14(20)11-13)17-15-8-3-2-5-12(15)9-10-16(17)21-22/h2-8,11H,9-10H2,1H3. The second-order valence-electron chi connectivity index (χ2n) is 5.72. The van der Waals surface area contributed by atoms with Crippen molar-refractivity contribution in [2.45, 2.75) is 12.8 Å². The zero-order valence-corrected chi connectivity index (χ0v) is 13.9. The van der Waals surface area contributed by atoms with Crippen LogP contribution in [-0.4, -0.2) is 23.0 Å². The fourth-order valence-electron chi connectivity index (χ4n) is 3.28. The van der Waals surface area contributed by atoms with Gasteiger partial charge in [0.1, 0.15) is 0 Å². The lowest BCUT2D eigenvalue weighted by molar-refractivity contribution is 0.169. The molecule has 0 fully saturated rings. The van der Waals surface area contributed by atoms with E-state index in [1.54, 1.807) is 0 Å². The van der Waals surface area contributed by atoms with Crippen LogP contribution in [-0.2, 0) is 17.6 Å². The summed E-state index contributed by atoms with van der Waals surface area (Å²) in [5.74, 6) is 0. The van der Waals surface area contributed by atoms with Gasteiger partial charge in [0.15, 0.2) is 0 Å². The summed E-state index contributed by atoms with van der Waals surface area (Å²) in [7, 11) is 1.36. The molecule has 0 N–H and O–H groups in total. The molecule has 0 bridgehead atoms. The number of aryl methyl sites for hydroxylation is 2. The largest absolute Gasteiger partial charge is 0.451 e. The predicted octanol–water partition coefficient (Wildman–Crippen LogP) is 4.58. The zero-order chi connectivity index (χ0) is 16.7. The van der Waals surface area contributed by atoms with Crippen molar-refractivity contribution in [3.05, 3.63) is 64.8 Å². The third kappa shape index (κ3) is 2.31. The summed E-state index contributed by atoms with van der Waals surface area (Å²) >= 11 is 6.17. The Kier molecular flexibility index (Phi) is 3.62. The average molecular weight is 339 g/mol. The lowest BCUT2D eigenvalue weighted by Gasteiger charge is -2.16. The Balaban J connectivity index is 2.04. The Morgan fingerprint density at radius 3 is 2.79 bits per heavy atom. The maximum Gasteiger partial charge on any atom is 0.435 e. The number of ether oxygens (including phenoxy) is 1. The number of aromatic nitrogens is 2. The van der Waals surface area contributed by atoms with Crippen molar-refractivity contribution < 1.29 is 9.53 Å². The summed E-state index contributed by atoms with van der Waals surface area (Å²) in [6.45, 7) is 0. The predicted molar refractivity (Wildman–Crippen MR) is 93.3 cm³/mol. The molecule has 3 aromatic rings. The van der Waals surface area contributed by atoms with Gasteiger partial charge in [-0.1, -0.05) is 48.0 Å². The van der Waals surface area contributed by atoms with E-state index in [9.17, 15) is 4.79 Å². The highest BCUT2D eigenvalue weighted by Crippen LogP contribution is 2.41. The maximum atomic E-state index is 12.3. The first-order valence-electron chi connectivity index (χ1n) is 7.73. The monoisotopic (exact) mass is 338 g/mol. The van der Waals surface area contributed by atoms with Crippen LogP contribution in [0.1, 0.15) is 11.3 Å². The smallest absolute Gasteiger partial charge is 0.435 e. The van der Waals surface area contributed by atoms with Crippen molar-refractivity contribution in [2.75, 3.05) is 7.11 Å². The number of methoxy groups -OCH3 is 1. The fraction of sp³-hybridized carbons (Fsp3) is 0.158. The van der Waals surface area contributed by atoms with Gasteiger partial charge < -0.3 is 4.74 Å². The van der Waals surface area contributed by atoms with Crippen LogP contribution in [0.25, 0.3) is 22.4 Å². The van der Waals surface area contributed by atoms with Crippen LogP contribution in [0.5, 0.6) is 0 Å². The second-order valence-corrected chi connectivity index (χ2v) is 6.16. The molecule has 0 saturated heterocycles. The SMILES string of the molecule is COC(=O)n1nc2c(c1-c1cccc(Cl)c1)-c1ccccc1CC2. The minimum atomic E-state index is -0.503. The summed E-state index contributed by atoms with van der Waals surface area (Å²) in [5, 5.41) is 5.14. The molecule has 0 atom stereocenters. The number of hydrogen-bond acceptors (Lipinski definition) is 3. The van der Waals surface area contributed by atoms with Crippen molar-refractivity contribution >= 4 is 17.7 Å². The molecule has 1 aliphatic rings. The van der Waals surface area contributed by atoms with Crippen molar-refractivity contribution in [1.82, 2.24) is 9.78 Å². The van der Waals surface area contributed by atoms with Crippen LogP contribution < -0.4 is 0 Å². The van der Waals surface area contributed by atoms with Crippen LogP contribution in [0.2, 0.25) is 5.02 Å². The molecule has 0 saturated carbocycles. The van der Waals surface area contributed by atoms with E-state index < -0.39 is 6.09 Å². The molecule has 0 spiro atoms. The molecule has 0 unspecified atom stereocenters. The molecule has 24 heavy (non-hydrogen) atoms. The van der Waals surface area contributed by atoms with E-state index in [2.05, 4.69) is 17.2 Å². The van der Waals surface area contributed by atoms with E-state index in [4.69, 9.17) is 16.3 Å². The van der Waals surface area contributed by atoms with E-state index in [1.807, 2.05) is 36.4 Å². The average Bonchev–Trinajstić information content (AvgIpc) is 3.01. The van der Waals surface area contributed by atoms with Gasteiger partial charge in [-0.3, -0.25) is 0 Å². The van der Waals surface area contributed by atoms with Gasteiger partial charge in [0.2, 0.25) is 0 Å². The molecule has 1 aliphatic carbocycles. The van der Waals surface area contributed by atoms with E-state index in [-0.39, 0.29) is 0 Å². The molecule has 2 aromatic carbocycles. The first-order chi connectivity index (χ1) is 11.7. The molecule has 1 aromatic heterocycles. The molecule has 120 valence electrons. The summed E-state index contributed by atoms with van der Waals surface area (Å²) in [6, 6.07) is 15.7. The minimum absolute atomic E-state index is 0.503. The molecular formula is C19H15ClN2O2. The molecule has 0 radical (unpaired) electrons. The van der Waals surface area contributed by atoms with Gasteiger partial charge in [-0.05, 0) is 36.1 Å². The molecule has 5 heteroatoms. The second kappa shape index (κ2) is 5.80. The number of halogens is 1. The van der Waals surface area contributed by atoms with E-state index in [0.29, 0.717) is 5.02 Å². The lowest BCUT2D eigenvalue weighted by atomic mass is 9.87. The Morgan fingerprint density at radius 2 is 2.00 bits per heavy atom. The van der Waals surface area contributed by atoms with Gasteiger partial charge in [-0.15, -0.1) is 0 Å². The van der Waals surface area contributed by atoms with Crippen LogP contribution in [0.4, 0.5) is 4.79 Å². The van der Waals surface area contributed by atoms with E-state index in [1.165, 1.54) is 17.4 Å². The molecular weight excluding hydrogens is 324 g/mol. The van der Waals surface area contributed by atoms with Crippen molar-refractivity contribution in [1.29, 1.82) is 0 Å². The quantitative estimate of drug-likeness (QED) is 0.652. The molecule has 0 aliphatic heterocycles. The number of rotatable bonds is 1. The number of nitrogens with zero attached hydrogens (tertiary/aromatic N) is 2. The summed E-state index contributed by atoms with van der Waals surface area (Å²) in [4.78, 5) is 12.3. The highest BCUT2D eigenvalue weighted by atomic mass is 35.5. The zero-order valence-electron chi connectivity index (χ0n) is 13.1. The first-order valence-corrected chi connectivity index (χ1v) is 8.11. The Hall–Kier alpha value is -2.59. The third-order valence-electron chi connectivity index (χ3n) is 4.32. The summed E-state index contributed by atoms with van der Waals surface area (Å²) in [5.41, 5.74) is 5.85. The van der Waals surface area contributed by atoms with Gasteiger partial charge in [-0.2, -0.15) is 9.78 Å². The van der Waals surface area contributed by atoms with E-state index >= 15 is 0 Å². The van der Waals surface area contributed by atoms with Gasteiger partial charge >= 0.3 is 6.09 Å². The number of hydrogen-bond donors (Lipinski definition) is 0. The Morgan fingerprint density at radius 1 is 1.17 bits per heavy atom. The number of carbonyl (C=O) groups is 1. The van der Waals surface area contributed by atoms with Crippen LogP contribution >= 0.6 is 11.6 Å². The fourth-order valence-corrected chi connectivity index (χ4v) is 3.47. The van der Waals surface area contributed by atoms with Crippen LogP contribution in [0.3, 0.4) is 0 Å². The van der Waals surface area contributed by atoms with Gasteiger partial charge in [0, 0.05) is 16.1 Å². The Labute approximate surface area is 144 Å². The highest BCUT2D eigenvalue weighted by Gasteiger charge is 2.28. The number of carbonyl (C=O) groups excluding carboxylic acids is 1. The normalized spacial score (nSPS) is 12.4. The van der Waals surface area contributed by atoms with Crippen molar-refractivity contribution in [3.63, 3.8) is 0 Å². The van der Waals surface area contributed by atoms with Crippen LogP contribution in [0.15, 0.2) is 48.5 Å². The highest BCUT2D eigenvalue weighted by molar-refractivity contribution is 6.30. The lowest BCUT2D eigenvalue weighted by Crippen LogP contribution is -2.14. The minimum Gasteiger partial charge on any atom is -0.451 e. The summed E-state index contributed by atoms with van der Waals surface area (Å²) in [6.07, 6.45) is 1.21. The van der Waals surface area contributed by atoms with Crippen molar-refractivity contribution in [2.24, 2.45) is 0 Å². The van der Waals surface area contributed by atoms with Crippen molar-refractivity contribution in [3.8, 4) is 22.4 Å². The maximum absolute atomic E-state index is 12.3. The number of benzene rings is 2. The molecule has 1 heterocycles. The molecule has 4 rings (SSSR count). The summed E-state index contributed by atoms with van der Waals surface area (Å²) < 4.78 is 6.27. The molecule has 0 amide bonds. The van der Waals surface area contributed by atoms with E-state index in [0.717, 1.165) is 40.9 Å². The van der Waals surface area contributed by atoms with Gasteiger partial charge in [0.05, 0.1) is 18.5 Å². The molecule has 4 nitrogen and oxygen atoms in total. The number of fused-ring (bicyclic) bond motifs is 3. The first kappa shape index (κ1) is 15.0.